The molecular weight excluding hydrogens is 354 g/mol. The van der Waals surface area contributed by atoms with Crippen molar-refractivity contribution in [3.63, 3.8) is 0 Å². The van der Waals surface area contributed by atoms with E-state index in [4.69, 9.17) is 25.8 Å². The zero-order valence-electron chi connectivity index (χ0n) is 15.0. The SMILES string of the molecule is CCOc1ccc(CN2Cc3cc(Cl)ccc3OCC2=O)cc1OCC. The minimum atomic E-state index is -0.0656. The summed E-state index contributed by atoms with van der Waals surface area (Å²) in [7, 11) is 0. The van der Waals surface area contributed by atoms with Crippen LogP contribution in [0.2, 0.25) is 5.02 Å². The first-order chi connectivity index (χ1) is 12.6. The molecule has 0 spiro atoms. The highest BCUT2D eigenvalue weighted by molar-refractivity contribution is 6.30. The summed E-state index contributed by atoms with van der Waals surface area (Å²) >= 11 is 6.09. The van der Waals surface area contributed by atoms with E-state index < -0.39 is 0 Å². The maximum Gasteiger partial charge on any atom is 0.261 e. The number of halogens is 1. The molecule has 1 heterocycles. The van der Waals surface area contributed by atoms with Crippen molar-refractivity contribution in [3.05, 3.63) is 52.5 Å². The number of carbonyl (C=O) groups excluding carboxylic acids is 1. The largest absolute Gasteiger partial charge is 0.490 e. The van der Waals surface area contributed by atoms with Crippen molar-refractivity contribution in [2.24, 2.45) is 0 Å². The highest BCUT2D eigenvalue weighted by atomic mass is 35.5. The third-order valence-electron chi connectivity index (χ3n) is 4.07. The third-order valence-corrected chi connectivity index (χ3v) is 4.30. The van der Waals surface area contributed by atoms with Gasteiger partial charge in [-0.25, -0.2) is 0 Å². The lowest BCUT2D eigenvalue weighted by Gasteiger charge is -2.21. The van der Waals surface area contributed by atoms with Crippen LogP contribution in [0.25, 0.3) is 0 Å². The lowest BCUT2D eigenvalue weighted by molar-refractivity contribution is -0.133. The molecule has 0 fully saturated rings. The van der Waals surface area contributed by atoms with Crippen LogP contribution < -0.4 is 14.2 Å². The summed E-state index contributed by atoms with van der Waals surface area (Å²) in [6.07, 6.45) is 0. The van der Waals surface area contributed by atoms with E-state index in [2.05, 4.69) is 0 Å². The summed E-state index contributed by atoms with van der Waals surface area (Å²) in [5.41, 5.74) is 1.87. The normalized spacial score (nSPS) is 13.7. The molecule has 1 amide bonds. The van der Waals surface area contributed by atoms with Gasteiger partial charge < -0.3 is 19.1 Å². The third kappa shape index (κ3) is 4.22. The van der Waals surface area contributed by atoms with Crippen molar-refractivity contribution in [1.29, 1.82) is 0 Å². The molecule has 2 aromatic carbocycles. The van der Waals surface area contributed by atoms with Gasteiger partial charge in [-0.1, -0.05) is 17.7 Å². The standard InChI is InChI=1S/C20H22ClNO4/c1-3-24-18-7-5-14(9-19(18)25-4-2)11-22-12-15-10-16(21)6-8-17(15)26-13-20(22)23/h5-10H,3-4,11-13H2,1-2H3. The fourth-order valence-corrected chi connectivity index (χ4v) is 3.09. The molecule has 3 rings (SSSR count). The van der Waals surface area contributed by atoms with Crippen LogP contribution in [0.15, 0.2) is 36.4 Å². The zero-order chi connectivity index (χ0) is 18.5. The predicted octanol–water partition coefficient (Wildman–Crippen LogP) is 4.06. The summed E-state index contributed by atoms with van der Waals surface area (Å²) in [5, 5.41) is 0.626. The highest BCUT2D eigenvalue weighted by Gasteiger charge is 2.22. The van der Waals surface area contributed by atoms with Gasteiger partial charge in [0.15, 0.2) is 18.1 Å². The number of carbonyl (C=O) groups is 1. The second kappa shape index (κ2) is 8.32. The molecule has 6 heteroatoms. The van der Waals surface area contributed by atoms with E-state index in [0.717, 1.165) is 11.1 Å². The van der Waals surface area contributed by atoms with Gasteiger partial charge in [-0.05, 0) is 49.7 Å². The Hall–Kier alpha value is -2.40. The van der Waals surface area contributed by atoms with Crippen molar-refractivity contribution >= 4 is 17.5 Å². The smallest absolute Gasteiger partial charge is 0.261 e. The Morgan fingerprint density at radius 3 is 2.62 bits per heavy atom. The summed E-state index contributed by atoms with van der Waals surface area (Å²) in [6.45, 7) is 5.90. The fourth-order valence-electron chi connectivity index (χ4n) is 2.90. The zero-order valence-corrected chi connectivity index (χ0v) is 15.7. The van der Waals surface area contributed by atoms with Crippen molar-refractivity contribution < 1.29 is 19.0 Å². The van der Waals surface area contributed by atoms with Gasteiger partial charge in [0, 0.05) is 23.7 Å². The quantitative estimate of drug-likeness (QED) is 0.764. The van der Waals surface area contributed by atoms with E-state index >= 15 is 0 Å². The van der Waals surface area contributed by atoms with Gasteiger partial charge in [0.05, 0.1) is 13.2 Å². The van der Waals surface area contributed by atoms with Crippen LogP contribution in [0.1, 0.15) is 25.0 Å². The summed E-state index contributed by atoms with van der Waals surface area (Å²) < 4.78 is 16.9. The van der Waals surface area contributed by atoms with Gasteiger partial charge in [-0.15, -0.1) is 0 Å². The van der Waals surface area contributed by atoms with E-state index in [1.165, 1.54) is 0 Å². The second-order valence-electron chi connectivity index (χ2n) is 5.94. The average Bonchev–Trinajstić information content (AvgIpc) is 2.77. The minimum Gasteiger partial charge on any atom is -0.490 e. The van der Waals surface area contributed by atoms with Gasteiger partial charge in [0.1, 0.15) is 5.75 Å². The molecule has 0 unspecified atom stereocenters. The predicted molar refractivity (Wildman–Crippen MR) is 100.0 cm³/mol. The number of nitrogens with zero attached hydrogens (tertiary/aromatic N) is 1. The molecule has 2 aromatic rings. The van der Waals surface area contributed by atoms with Crippen LogP contribution in [0.3, 0.4) is 0 Å². The van der Waals surface area contributed by atoms with Crippen LogP contribution in [0, 0.1) is 0 Å². The first-order valence-electron chi connectivity index (χ1n) is 8.68. The molecule has 1 aliphatic heterocycles. The molecule has 5 nitrogen and oxygen atoms in total. The van der Waals surface area contributed by atoms with E-state index in [0.29, 0.717) is 48.6 Å². The van der Waals surface area contributed by atoms with Gasteiger partial charge in [-0.2, -0.15) is 0 Å². The number of amides is 1. The van der Waals surface area contributed by atoms with E-state index in [1.807, 2.05) is 38.1 Å². The monoisotopic (exact) mass is 375 g/mol. The molecule has 0 bridgehead atoms. The lowest BCUT2D eigenvalue weighted by Crippen LogP contribution is -2.31. The Bertz CT molecular complexity index is 793. The summed E-state index contributed by atoms with van der Waals surface area (Å²) in [4.78, 5) is 14.2. The van der Waals surface area contributed by atoms with Gasteiger partial charge >= 0.3 is 0 Å². The van der Waals surface area contributed by atoms with Crippen molar-refractivity contribution in [2.45, 2.75) is 26.9 Å². The molecule has 0 saturated carbocycles. The van der Waals surface area contributed by atoms with E-state index in [1.54, 1.807) is 17.0 Å². The van der Waals surface area contributed by atoms with Crippen LogP contribution in [-0.2, 0) is 17.9 Å². The minimum absolute atomic E-state index is 0.0178. The molecular formula is C20H22ClNO4. The lowest BCUT2D eigenvalue weighted by atomic mass is 10.1. The number of benzene rings is 2. The maximum absolute atomic E-state index is 12.5. The summed E-state index contributed by atoms with van der Waals surface area (Å²) in [5.74, 6) is 2.03. The van der Waals surface area contributed by atoms with Crippen LogP contribution in [-0.4, -0.2) is 30.6 Å². The Morgan fingerprint density at radius 1 is 1.08 bits per heavy atom. The molecule has 0 saturated heterocycles. The van der Waals surface area contributed by atoms with E-state index in [-0.39, 0.29) is 12.5 Å². The number of ether oxygens (including phenoxy) is 3. The molecule has 26 heavy (non-hydrogen) atoms. The molecule has 0 radical (unpaired) electrons. The Morgan fingerprint density at radius 2 is 1.85 bits per heavy atom. The Balaban J connectivity index is 1.82. The molecule has 0 atom stereocenters. The first kappa shape index (κ1) is 18.4. The van der Waals surface area contributed by atoms with Crippen molar-refractivity contribution in [1.82, 2.24) is 4.90 Å². The molecule has 0 N–H and O–H groups in total. The van der Waals surface area contributed by atoms with Crippen molar-refractivity contribution in [2.75, 3.05) is 19.8 Å². The fraction of sp³-hybridized carbons (Fsp3) is 0.350. The maximum atomic E-state index is 12.5. The number of hydrogen-bond acceptors (Lipinski definition) is 4. The first-order valence-corrected chi connectivity index (χ1v) is 9.06. The molecule has 138 valence electrons. The number of rotatable bonds is 6. The second-order valence-corrected chi connectivity index (χ2v) is 6.37. The van der Waals surface area contributed by atoms with Gasteiger partial charge in [0.2, 0.25) is 0 Å². The van der Waals surface area contributed by atoms with E-state index in [9.17, 15) is 4.79 Å². The van der Waals surface area contributed by atoms with Crippen LogP contribution in [0.4, 0.5) is 0 Å². The highest BCUT2D eigenvalue weighted by Crippen LogP contribution is 2.31. The molecule has 0 aliphatic carbocycles. The topological polar surface area (TPSA) is 48.0 Å². The molecule has 0 aromatic heterocycles. The average molecular weight is 376 g/mol. The van der Waals surface area contributed by atoms with Crippen molar-refractivity contribution in [3.8, 4) is 17.2 Å². The van der Waals surface area contributed by atoms with Gasteiger partial charge in [-0.3, -0.25) is 4.79 Å². The number of hydrogen-bond donors (Lipinski definition) is 0. The van der Waals surface area contributed by atoms with Gasteiger partial charge in [0.25, 0.3) is 5.91 Å². The number of fused-ring (bicyclic) bond motifs is 1. The van der Waals surface area contributed by atoms with Crippen LogP contribution >= 0.6 is 11.6 Å². The Kier molecular flexibility index (Phi) is 5.89. The summed E-state index contributed by atoms with van der Waals surface area (Å²) in [6, 6.07) is 11.2. The Labute approximate surface area is 158 Å². The van der Waals surface area contributed by atoms with Crippen LogP contribution in [0.5, 0.6) is 17.2 Å². The molecule has 1 aliphatic rings.